The van der Waals surface area contributed by atoms with Gasteiger partial charge in [0, 0.05) is 30.3 Å². The van der Waals surface area contributed by atoms with Gasteiger partial charge in [0.05, 0.1) is 12.8 Å². The van der Waals surface area contributed by atoms with Crippen molar-refractivity contribution >= 4 is 5.91 Å². The van der Waals surface area contributed by atoms with Crippen LogP contribution in [0.2, 0.25) is 0 Å². The van der Waals surface area contributed by atoms with Gasteiger partial charge in [0.15, 0.2) is 11.5 Å². The predicted octanol–water partition coefficient (Wildman–Crippen LogP) is 4.82. The molecule has 0 unspecified atom stereocenters. The van der Waals surface area contributed by atoms with Gasteiger partial charge in [0.1, 0.15) is 6.33 Å². The van der Waals surface area contributed by atoms with Gasteiger partial charge in [-0.2, -0.15) is 0 Å². The molecule has 0 bridgehead atoms. The molecule has 0 N–H and O–H groups in total. The SMILES string of the molecule is COc1ccccc1Oc1cc(-c2cccc(C(=O)N3CCC(C)CC3)c2)ncn1. The lowest BCUT2D eigenvalue weighted by Gasteiger charge is -2.30. The molecule has 1 aromatic heterocycles. The van der Waals surface area contributed by atoms with Crippen LogP contribution < -0.4 is 9.47 Å². The molecule has 6 heteroatoms. The molecule has 1 fully saturated rings. The summed E-state index contributed by atoms with van der Waals surface area (Å²) in [6.07, 6.45) is 3.57. The number of carbonyl (C=O) groups is 1. The van der Waals surface area contributed by atoms with E-state index in [0.717, 1.165) is 31.5 Å². The van der Waals surface area contributed by atoms with Crippen LogP contribution in [0.5, 0.6) is 17.4 Å². The lowest BCUT2D eigenvalue weighted by atomic mass is 9.98. The molecule has 1 saturated heterocycles. The number of benzene rings is 2. The number of hydrogen-bond acceptors (Lipinski definition) is 5. The van der Waals surface area contributed by atoms with E-state index in [1.807, 2.05) is 53.4 Å². The summed E-state index contributed by atoms with van der Waals surface area (Å²) >= 11 is 0. The molecule has 4 rings (SSSR count). The first-order valence-electron chi connectivity index (χ1n) is 10.2. The Bertz CT molecular complexity index is 1030. The lowest BCUT2D eigenvalue weighted by molar-refractivity contribution is 0.0697. The number of ether oxygens (including phenoxy) is 2. The normalized spacial score (nSPS) is 14.4. The third-order valence-corrected chi connectivity index (χ3v) is 5.40. The van der Waals surface area contributed by atoms with Crippen LogP contribution in [-0.4, -0.2) is 41.0 Å². The average molecular weight is 403 g/mol. The maximum absolute atomic E-state index is 12.9. The highest BCUT2D eigenvalue weighted by Crippen LogP contribution is 2.31. The van der Waals surface area contributed by atoms with Gasteiger partial charge in [-0.1, -0.05) is 31.2 Å². The maximum atomic E-state index is 12.9. The molecule has 1 aliphatic heterocycles. The van der Waals surface area contributed by atoms with E-state index in [2.05, 4.69) is 16.9 Å². The van der Waals surface area contributed by atoms with Crippen LogP contribution >= 0.6 is 0 Å². The first-order chi connectivity index (χ1) is 14.6. The molecule has 2 heterocycles. The first-order valence-corrected chi connectivity index (χ1v) is 10.2. The zero-order chi connectivity index (χ0) is 20.9. The van der Waals surface area contributed by atoms with Crippen LogP contribution in [0, 0.1) is 5.92 Å². The number of carbonyl (C=O) groups excluding carboxylic acids is 1. The highest BCUT2D eigenvalue weighted by molar-refractivity contribution is 5.95. The quantitative estimate of drug-likeness (QED) is 0.611. The van der Waals surface area contributed by atoms with Gasteiger partial charge in [0.2, 0.25) is 5.88 Å². The summed E-state index contributed by atoms with van der Waals surface area (Å²) < 4.78 is 11.2. The van der Waals surface area contributed by atoms with Crippen molar-refractivity contribution in [1.29, 1.82) is 0 Å². The Kier molecular flexibility index (Phi) is 5.93. The number of piperidine rings is 1. The molecule has 0 aliphatic carbocycles. The Morgan fingerprint density at radius 2 is 1.77 bits per heavy atom. The Hall–Kier alpha value is -3.41. The fraction of sp³-hybridized carbons (Fsp3) is 0.292. The summed E-state index contributed by atoms with van der Waals surface area (Å²) in [5.41, 5.74) is 2.21. The largest absolute Gasteiger partial charge is 0.493 e. The topological polar surface area (TPSA) is 64.6 Å². The van der Waals surface area contributed by atoms with E-state index in [9.17, 15) is 4.79 Å². The second-order valence-corrected chi connectivity index (χ2v) is 7.55. The van der Waals surface area contributed by atoms with Crippen molar-refractivity contribution in [2.45, 2.75) is 19.8 Å². The number of nitrogens with zero attached hydrogens (tertiary/aromatic N) is 3. The van der Waals surface area contributed by atoms with Gasteiger partial charge >= 0.3 is 0 Å². The second kappa shape index (κ2) is 8.95. The van der Waals surface area contributed by atoms with Gasteiger partial charge in [-0.3, -0.25) is 4.79 Å². The Morgan fingerprint density at radius 1 is 1.00 bits per heavy atom. The van der Waals surface area contributed by atoms with Crippen molar-refractivity contribution in [2.75, 3.05) is 20.2 Å². The highest BCUT2D eigenvalue weighted by atomic mass is 16.5. The average Bonchev–Trinajstić information content (AvgIpc) is 2.80. The summed E-state index contributed by atoms with van der Waals surface area (Å²) in [6.45, 7) is 3.87. The minimum Gasteiger partial charge on any atom is -0.493 e. The molecule has 2 aromatic carbocycles. The van der Waals surface area contributed by atoms with Crippen LogP contribution in [0.25, 0.3) is 11.3 Å². The number of methoxy groups -OCH3 is 1. The smallest absolute Gasteiger partial charge is 0.253 e. The Labute approximate surface area is 176 Å². The predicted molar refractivity (Wildman–Crippen MR) is 115 cm³/mol. The monoisotopic (exact) mass is 403 g/mol. The molecule has 0 saturated carbocycles. The minimum atomic E-state index is 0.0725. The van der Waals surface area contributed by atoms with E-state index in [-0.39, 0.29) is 5.91 Å². The number of likely N-dealkylation sites (tertiary alicyclic amines) is 1. The van der Waals surface area contributed by atoms with Crippen molar-refractivity contribution in [3.8, 4) is 28.6 Å². The maximum Gasteiger partial charge on any atom is 0.253 e. The second-order valence-electron chi connectivity index (χ2n) is 7.55. The molecular formula is C24H25N3O3. The van der Waals surface area contributed by atoms with Crippen molar-refractivity contribution in [3.63, 3.8) is 0 Å². The molecule has 0 radical (unpaired) electrons. The van der Waals surface area contributed by atoms with Crippen molar-refractivity contribution in [2.24, 2.45) is 5.92 Å². The molecular weight excluding hydrogens is 378 g/mol. The minimum absolute atomic E-state index is 0.0725. The highest BCUT2D eigenvalue weighted by Gasteiger charge is 2.21. The number of para-hydroxylation sites is 2. The van der Waals surface area contributed by atoms with Crippen LogP contribution in [0.15, 0.2) is 60.9 Å². The number of rotatable bonds is 5. The summed E-state index contributed by atoms with van der Waals surface area (Å²) in [4.78, 5) is 23.4. The van der Waals surface area contributed by atoms with E-state index in [1.165, 1.54) is 6.33 Å². The van der Waals surface area contributed by atoms with E-state index >= 15 is 0 Å². The zero-order valence-corrected chi connectivity index (χ0v) is 17.2. The zero-order valence-electron chi connectivity index (χ0n) is 17.2. The van der Waals surface area contributed by atoms with E-state index in [0.29, 0.717) is 34.6 Å². The van der Waals surface area contributed by atoms with Crippen molar-refractivity contribution in [3.05, 3.63) is 66.5 Å². The molecule has 6 nitrogen and oxygen atoms in total. The fourth-order valence-electron chi connectivity index (χ4n) is 3.57. The van der Waals surface area contributed by atoms with E-state index in [1.54, 1.807) is 13.2 Å². The van der Waals surface area contributed by atoms with E-state index < -0.39 is 0 Å². The molecule has 0 atom stereocenters. The van der Waals surface area contributed by atoms with Crippen LogP contribution in [0.3, 0.4) is 0 Å². The van der Waals surface area contributed by atoms with Gasteiger partial charge in [-0.15, -0.1) is 0 Å². The summed E-state index contributed by atoms with van der Waals surface area (Å²) in [7, 11) is 1.60. The Morgan fingerprint density at radius 3 is 2.53 bits per heavy atom. The molecule has 1 amide bonds. The van der Waals surface area contributed by atoms with Gasteiger partial charge in [-0.25, -0.2) is 9.97 Å². The van der Waals surface area contributed by atoms with Crippen LogP contribution in [0.1, 0.15) is 30.1 Å². The fourth-order valence-corrected chi connectivity index (χ4v) is 3.57. The Balaban J connectivity index is 1.55. The molecule has 3 aromatic rings. The number of hydrogen-bond donors (Lipinski definition) is 0. The summed E-state index contributed by atoms with van der Waals surface area (Å²) in [5, 5.41) is 0. The van der Waals surface area contributed by atoms with Crippen molar-refractivity contribution < 1.29 is 14.3 Å². The summed E-state index contributed by atoms with van der Waals surface area (Å²) in [6, 6.07) is 16.7. The molecule has 30 heavy (non-hydrogen) atoms. The van der Waals surface area contributed by atoms with Gasteiger partial charge in [-0.05, 0) is 43.0 Å². The van der Waals surface area contributed by atoms with Crippen molar-refractivity contribution in [1.82, 2.24) is 14.9 Å². The third-order valence-electron chi connectivity index (χ3n) is 5.40. The van der Waals surface area contributed by atoms with E-state index in [4.69, 9.17) is 9.47 Å². The summed E-state index contributed by atoms with van der Waals surface area (Å²) in [5.74, 6) is 2.37. The molecule has 1 aliphatic rings. The third kappa shape index (κ3) is 4.43. The van der Waals surface area contributed by atoms with Crippen LogP contribution in [0.4, 0.5) is 0 Å². The van der Waals surface area contributed by atoms with Crippen LogP contribution in [-0.2, 0) is 0 Å². The standard InChI is InChI=1S/C24H25N3O3/c1-17-10-12-27(13-11-17)24(28)19-7-5-6-18(14-19)20-15-23(26-16-25-20)30-22-9-4-3-8-21(22)29-2/h3-9,14-17H,10-13H2,1-2H3. The lowest BCUT2D eigenvalue weighted by Crippen LogP contribution is -2.37. The number of aromatic nitrogens is 2. The molecule has 154 valence electrons. The van der Waals surface area contributed by atoms with Gasteiger partial charge < -0.3 is 14.4 Å². The molecule has 0 spiro atoms. The number of amides is 1. The van der Waals surface area contributed by atoms with Gasteiger partial charge in [0.25, 0.3) is 5.91 Å². The first kappa shape index (κ1) is 19.9.